The van der Waals surface area contributed by atoms with Gasteiger partial charge in [-0.05, 0) is 0 Å². The van der Waals surface area contributed by atoms with Crippen LogP contribution in [0.25, 0.3) is 0 Å². The number of hydrogen-bond donors (Lipinski definition) is 1. The molecule has 60 valence electrons. The summed E-state index contributed by atoms with van der Waals surface area (Å²) in [6.45, 7) is 1.64. The summed E-state index contributed by atoms with van der Waals surface area (Å²) in [5.41, 5.74) is 0. The maximum absolute atomic E-state index is 8.98. The summed E-state index contributed by atoms with van der Waals surface area (Å²) in [5.74, 6) is 1.94. The van der Waals surface area contributed by atoms with E-state index < -0.39 is 6.29 Å². The molecule has 0 amide bonds. The van der Waals surface area contributed by atoms with Crippen molar-refractivity contribution >= 4 is 11.8 Å². The van der Waals surface area contributed by atoms with Crippen molar-refractivity contribution in [2.24, 2.45) is 0 Å². The van der Waals surface area contributed by atoms with E-state index in [1.54, 1.807) is 11.8 Å². The van der Waals surface area contributed by atoms with E-state index in [0.717, 1.165) is 11.5 Å². The molecule has 1 saturated heterocycles. The molecule has 1 atom stereocenters. The zero-order valence-electron chi connectivity index (χ0n) is 5.78. The number of thioether (sulfide) groups is 1. The number of rotatable bonds is 0. The first kappa shape index (κ1) is 8.33. The largest absolute Gasteiger partial charge is 0.375 e. The molecule has 1 unspecified atom stereocenters. The number of hydrogen-bond acceptors (Lipinski definition) is 4. The second-order valence-electron chi connectivity index (χ2n) is 2.01. The van der Waals surface area contributed by atoms with Crippen molar-refractivity contribution in [3.63, 3.8) is 0 Å². The Bertz CT molecular complexity index is 79.1. The quantitative estimate of drug-likeness (QED) is 0.550. The van der Waals surface area contributed by atoms with Gasteiger partial charge in [0.15, 0.2) is 6.29 Å². The average Bonchev–Trinajstić information content (AvgIpc) is 2.02. The fourth-order valence-corrected chi connectivity index (χ4v) is 1.35. The van der Waals surface area contributed by atoms with Crippen LogP contribution in [-0.4, -0.2) is 42.7 Å². The normalized spacial score (nSPS) is 30.3. The molecule has 3 nitrogen and oxygen atoms in total. The molecule has 1 N–H and O–H groups in total. The molecule has 4 heteroatoms. The van der Waals surface area contributed by atoms with Crippen molar-refractivity contribution in [1.29, 1.82) is 0 Å². The van der Waals surface area contributed by atoms with E-state index in [1.807, 2.05) is 0 Å². The van der Waals surface area contributed by atoms with E-state index in [1.165, 1.54) is 0 Å². The van der Waals surface area contributed by atoms with Gasteiger partial charge in [-0.1, -0.05) is 0 Å². The Morgan fingerprint density at radius 2 is 2.10 bits per heavy atom. The topological polar surface area (TPSA) is 38.7 Å². The second-order valence-corrected chi connectivity index (χ2v) is 3.24. The first-order valence-electron chi connectivity index (χ1n) is 3.35. The molecule has 0 aromatic heterocycles. The van der Waals surface area contributed by atoms with Crippen molar-refractivity contribution in [2.75, 3.05) is 31.3 Å². The molecule has 1 fully saturated rings. The van der Waals surface area contributed by atoms with Crippen LogP contribution < -0.4 is 0 Å². The molecule has 0 saturated carbocycles. The highest BCUT2D eigenvalue weighted by Gasteiger charge is 2.05. The lowest BCUT2D eigenvalue weighted by Crippen LogP contribution is -2.19. The van der Waals surface area contributed by atoms with Crippen LogP contribution in [0.2, 0.25) is 0 Å². The molecule has 1 aliphatic rings. The maximum Gasteiger partial charge on any atom is 0.178 e. The molecule has 0 spiro atoms. The van der Waals surface area contributed by atoms with Crippen LogP contribution in [0.1, 0.15) is 0 Å². The fourth-order valence-electron chi connectivity index (χ4n) is 0.695. The Morgan fingerprint density at radius 3 is 3.00 bits per heavy atom. The molecular weight excluding hydrogens is 152 g/mol. The maximum atomic E-state index is 8.98. The van der Waals surface area contributed by atoms with E-state index in [-0.39, 0.29) is 0 Å². The Labute approximate surface area is 64.7 Å². The predicted octanol–water partition coefficient (Wildman–Crippen LogP) is 0.0848. The predicted molar refractivity (Wildman–Crippen MR) is 40.1 cm³/mol. The van der Waals surface area contributed by atoms with Gasteiger partial charge in [-0.3, -0.25) is 0 Å². The smallest absolute Gasteiger partial charge is 0.178 e. The third kappa shape index (κ3) is 3.41. The highest BCUT2D eigenvalue weighted by atomic mass is 32.2. The van der Waals surface area contributed by atoms with E-state index in [2.05, 4.69) is 0 Å². The van der Waals surface area contributed by atoms with Gasteiger partial charge in [-0.15, -0.1) is 0 Å². The van der Waals surface area contributed by atoms with Gasteiger partial charge in [0.1, 0.15) is 0 Å². The third-order valence-corrected chi connectivity index (χ3v) is 2.08. The third-order valence-electron chi connectivity index (χ3n) is 1.17. The monoisotopic (exact) mass is 164 g/mol. The summed E-state index contributed by atoms with van der Waals surface area (Å²) in [5, 5.41) is 8.98. The van der Waals surface area contributed by atoms with E-state index >= 15 is 0 Å². The number of aliphatic hydroxyl groups is 1. The van der Waals surface area contributed by atoms with Crippen molar-refractivity contribution in [3.05, 3.63) is 0 Å². The molecule has 10 heavy (non-hydrogen) atoms. The van der Waals surface area contributed by atoms with Crippen LogP contribution in [0.15, 0.2) is 0 Å². The van der Waals surface area contributed by atoms with Crippen LogP contribution in [0, 0.1) is 0 Å². The zero-order chi connectivity index (χ0) is 7.23. The van der Waals surface area contributed by atoms with Gasteiger partial charge in [0.2, 0.25) is 0 Å². The van der Waals surface area contributed by atoms with Crippen LogP contribution in [-0.2, 0) is 9.47 Å². The first-order chi connectivity index (χ1) is 4.89. The highest BCUT2D eigenvalue weighted by molar-refractivity contribution is 7.99. The lowest BCUT2D eigenvalue weighted by atomic mass is 10.6. The average molecular weight is 164 g/mol. The summed E-state index contributed by atoms with van der Waals surface area (Å²) >= 11 is 1.78. The minimum Gasteiger partial charge on any atom is -0.375 e. The molecule has 1 aliphatic heterocycles. The lowest BCUT2D eigenvalue weighted by molar-refractivity contribution is -0.131. The highest BCUT2D eigenvalue weighted by Crippen LogP contribution is 2.03. The minimum atomic E-state index is -0.723. The molecule has 0 bridgehead atoms. The number of ether oxygens (including phenoxy) is 2. The van der Waals surface area contributed by atoms with Crippen LogP contribution in [0.4, 0.5) is 0 Å². The van der Waals surface area contributed by atoms with Crippen LogP contribution in [0.5, 0.6) is 0 Å². The molecule has 0 radical (unpaired) electrons. The Kier molecular flexibility index (Phi) is 4.13. The minimum absolute atomic E-state index is 0.306. The Hall–Kier alpha value is 0.230. The van der Waals surface area contributed by atoms with Gasteiger partial charge in [0.05, 0.1) is 19.8 Å². The molecule has 0 aromatic rings. The zero-order valence-corrected chi connectivity index (χ0v) is 6.60. The molecule has 0 aromatic carbocycles. The van der Waals surface area contributed by atoms with Gasteiger partial charge >= 0.3 is 0 Å². The molecule has 1 rings (SSSR count). The van der Waals surface area contributed by atoms with Crippen LogP contribution >= 0.6 is 11.8 Å². The summed E-state index contributed by atoms with van der Waals surface area (Å²) in [7, 11) is 0. The second kappa shape index (κ2) is 4.96. The first-order valence-corrected chi connectivity index (χ1v) is 4.50. The van der Waals surface area contributed by atoms with Crippen molar-refractivity contribution in [2.45, 2.75) is 6.29 Å². The lowest BCUT2D eigenvalue weighted by Gasteiger charge is -2.08. The van der Waals surface area contributed by atoms with Crippen molar-refractivity contribution in [1.82, 2.24) is 0 Å². The van der Waals surface area contributed by atoms with E-state index in [0.29, 0.717) is 19.8 Å². The van der Waals surface area contributed by atoms with Gasteiger partial charge in [0.25, 0.3) is 0 Å². The summed E-state index contributed by atoms with van der Waals surface area (Å²) < 4.78 is 10.0. The molecular formula is C6H12O3S. The van der Waals surface area contributed by atoms with Gasteiger partial charge in [0, 0.05) is 11.5 Å². The summed E-state index contributed by atoms with van der Waals surface area (Å²) in [6.07, 6.45) is -0.723. The van der Waals surface area contributed by atoms with Crippen LogP contribution in [0.3, 0.4) is 0 Å². The summed E-state index contributed by atoms with van der Waals surface area (Å²) in [6, 6.07) is 0. The van der Waals surface area contributed by atoms with Gasteiger partial charge in [-0.2, -0.15) is 11.8 Å². The molecule has 0 aliphatic carbocycles. The molecule has 1 heterocycles. The van der Waals surface area contributed by atoms with E-state index in [9.17, 15) is 0 Å². The Balaban J connectivity index is 2.15. The SMILES string of the molecule is OC1COCCSCCO1. The summed E-state index contributed by atoms with van der Waals surface area (Å²) in [4.78, 5) is 0. The van der Waals surface area contributed by atoms with E-state index in [4.69, 9.17) is 14.6 Å². The van der Waals surface area contributed by atoms with Gasteiger partial charge < -0.3 is 14.6 Å². The fraction of sp³-hybridized carbons (Fsp3) is 1.00. The van der Waals surface area contributed by atoms with Crippen molar-refractivity contribution in [3.8, 4) is 0 Å². The van der Waals surface area contributed by atoms with Crippen molar-refractivity contribution < 1.29 is 14.6 Å². The van der Waals surface area contributed by atoms with Gasteiger partial charge in [-0.25, -0.2) is 0 Å². The Morgan fingerprint density at radius 1 is 1.30 bits per heavy atom. The standard InChI is InChI=1S/C6H12O3S/c7-6-5-8-1-3-10-4-2-9-6/h6-7H,1-5H2. The number of aliphatic hydroxyl groups excluding tert-OH is 1.